The minimum Gasteiger partial charge on any atom is -0.308 e. The number of amides is 1. The van der Waals surface area contributed by atoms with Crippen LogP contribution in [-0.4, -0.2) is 17.4 Å². The van der Waals surface area contributed by atoms with E-state index in [2.05, 4.69) is 10.4 Å². The zero-order valence-corrected chi connectivity index (χ0v) is 10.6. The van der Waals surface area contributed by atoms with Crippen molar-refractivity contribution in [3.8, 4) is 0 Å². The first kappa shape index (κ1) is 12.6. The van der Waals surface area contributed by atoms with Gasteiger partial charge in [0.1, 0.15) is 17.3 Å². The number of benzene rings is 1. The Balaban J connectivity index is 1.95. The van der Waals surface area contributed by atoms with Gasteiger partial charge in [0.2, 0.25) is 0 Å². The number of hydrogen-bond acceptors (Lipinski definition) is 4. The maximum Gasteiger partial charge on any atom is 0.276 e. The largest absolute Gasteiger partial charge is 0.308 e. The first-order chi connectivity index (χ1) is 9.69. The van der Waals surface area contributed by atoms with Gasteiger partial charge in [0.15, 0.2) is 0 Å². The number of carbonyl (C=O) groups is 1. The predicted octanol–water partition coefficient (Wildman–Crippen LogP) is 1.71. The third-order valence-electron chi connectivity index (χ3n) is 3.30. The van der Waals surface area contributed by atoms with Gasteiger partial charge in [-0.05, 0) is 36.2 Å². The van der Waals surface area contributed by atoms with Gasteiger partial charge < -0.3 is 10.3 Å². The van der Waals surface area contributed by atoms with Crippen LogP contribution in [0.25, 0.3) is 0 Å². The first-order valence-corrected chi connectivity index (χ1v) is 6.23. The Morgan fingerprint density at radius 1 is 1.35 bits per heavy atom. The summed E-state index contributed by atoms with van der Waals surface area (Å²) >= 11 is 0. The molecule has 0 fully saturated rings. The van der Waals surface area contributed by atoms with E-state index >= 15 is 0 Å². The topological polar surface area (TPSA) is 71.2 Å². The lowest BCUT2D eigenvalue weighted by atomic mass is 10.1. The molecular weight excluding hydrogens is 259 g/mol. The lowest BCUT2D eigenvalue weighted by molar-refractivity contribution is 0.0984. The molecule has 0 saturated carbocycles. The Bertz CT molecular complexity index is 674. The second-order valence-electron chi connectivity index (χ2n) is 4.53. The van der Waals surface area contributed by atoms with Crippen molar-refractivity contribution in [2.24, 2.45) is 5.84 Å². The van der Waals surface area contributed by atoms with Crippen LogP contribution in [0.15, 0.2) is 36.4 Å². The SMILES string of the molecule is NNc1cccc(C(=O)N2CCc3ccc(F)cc32)n1. The average molecular weight is 272 g/mol. The van der Waals surface area contributed by atoms with Crippen molar-refractivity contribution in [3.63, 3.8) is 0 Å². The molecule has 1 aromatic heterocycles. The Labute approximate surface area is 115 Å². The maximum atomic E-state index is 13.3. The molecule has 1 aromatic carbocycles. The molecule has 102 valence electrons. The summed E-state index contributed by atoms with van der Waals surface area (Å²) < 4.78 is 13.3. The van der Waals surface area contributed by atoms with E-state index < -0.39 is 0 Å². The molecule has 0 atom stereocenters. The van der Waals surface area contributed by atoms with Crippen molar-refractivity contribution in [3.05, 3.63) is 53.5 Å². The highest BCUT2D eigenvalue weighted by atomic mass is 19.1. The molecule has 0 spiro atoms. The number of hydrogen-bond donors (Lipinski definition) is 2. The molecule has 1 aliphatic rings. The molecule has 5 nitrogen and oxygen atoms in total. The van der Waals surface area contributed by atoms with E-state index in [-0.39, 0.29) is 17.4 Å². The van der Waals surface area contributed by atoms with Crippen LogP contribution in [0.1, 0.15) is 16.1 Å². The quantitative estimate of drug-likeness (QED) is 0.645. The first-order valence-electron chi connectivity index (χ1n) is 6.23. The molecule has 1 aliphatic heterocycles. The number of halogens is 1. The fraction of sp³-hybridized carbons (Fsp3) is 0.143. The number of aromatic nitrogens is 1. The van der Waals surface area contributed by atoms with E-state index in [4.69, 9.17) is 5.84 Å². The number of pyridine rings is 1. The lowest BCUT2D eigenvalue weighted by Gasteiger charge is -2.17. The van der Waals surface area contributed by atoms with Gasteiger partial charge in [-0.3, -0.25) is 4.79 Å². The minimum atomic E-state index is -0.353. The Morgan fingerprint density at radius 3 is 3.00 bits per heavy atom. The Kier molecular flexibility index (Phi) is 3.08. The van der Waals surface area contributed by atoms with E-state index in [9.17, 15) is 9.18 Å². The number of rotatable bonds is 2. The molecule has 6 heteroatoms. The van der Waals surface area contributed by atoms with Crippen LogP contribution in [0.5, 0.6) is 0 Å². The van der Waals surface area contributed by atoms with Gasteiger partial charge in [0.25, 0.3) is 5.91 Å². The standard InChI is InChI=1S/C14H13FN4O/c15-10-5-4-9-6-7-19(12(9)8-10)14(20)11-2-1-3-13(17-11)18-16/h1-5,8H,6-7,16H2,(H,17,18). The number of nitrogens with zero attached hydrogens (tertiary/aromatic N) is 2. The molecule has 3 N–H and O–H groups in total. The number of nitrogens with two attached hydrogens (primary N) is 1. The van der Waals surface area contributed by atoms with Gasteiger partial charge in [0.05, 0.1) is 5.69 Å². The number of nitrogen functional groups attached to an aromatic ring is 1. The number of hydrazine groups is 1. The van der Waals surface area contributed by atoms with E-state index in [1.54, 1.807) is 29.2 Å². The van der Waals surface area contributed by atoms with Gasteiger partial charge >= 0.3 is 0 Å². The van der Waals surface area contributed by atoms with Crippen LogP contribution in [-0.2, 0) is 6.42 Å². The van der Waals surface area contributed by atoms with Crippen molar-refractivity contribution in [1.29, 1.82) is 0 Å². The molecule has 0 saturated heterocycles. The van der Waals surface area contributed by atoms with Crippen LogP contribution in [0.4, 0.5) is 15.9 Å². The van der Waals surface area contributed by atoms with Crippen molar-refractivity contribution >= 4 is 17.4 Å². The highest BCUT2D eigenvalue weighted by molar-refractivity contribution is 6.06. The second kappa shape index (κ2) is 4.90. The average Bonchev–Trinajstić information content (AvgIpc) is 2.89. The molecule has 3 rings (SSSR count). The van der Waals surface area contributed by atoms with Crippen LogP contribution in [0.2, 0.25) is 0 Å². The molecule has 2 aromatic rings. The minimum absolute atomic E-state index is 0.258. The summed E-state index contributed by atoms with van der Waals surface area (Å²) in [5.41, 5.74) is 4.25. The molecule has 0 bridgehead atoms. The van der Waals surface area contributed by atoms with Crippen LogP contribution in [0.3, 0.4) is 0 Å². The lowest BCUT2D eigenvalue weighted by Crippen LogP contribution is -2.30. The fourth-order valence-electron chi connectivity index (χ4n) is 2.34. The zero-order valence-electron chi connectivity index (χ0n) is 10.6. The van der Waals surface area contributed by atoms with Crippen molar-refractivity contribution < 1.29 is 9.18 Å². The van der Waals surface area contributed by atoms with Gasteiger partial charge in [-0.2, -0.15) is 0 Å². The van der Waals surface area contributed by atoms with Gasteiger partial charge in [-0.25, -0.2) is 15.2 Å². The maximum absolute atomic E-state index is 13.3. The normalized spacial score (nSPS) is 13.2. The summed E-state index contributed by atoms with van der Waals surface area (Å²) in [6.07, 6.45) is 0.718. The smallest absolute Gasteiger partial charge is 0.276 e. The molecule has 1 amide bonds. The van der Waals surface area contributed by atoms with E-state index in [1.807, 2.05) is 0 Å². The summed E-state index contributed by atoms with van der Waals surface area (Å²) in [7, 11) is 0. The number of anilines is 2. The molecule has 0 radical (unpaired) electrons. The molecular formula is C14H13FN4O. The van der Waals surface area contributed by atoms with Crippen LogP contribution < -0.4 is 16.2 Å². The predicted molar refractivity (Wildman–Crippen MR) is 73.8 cm³/mol. The fourth-order valence-corrected chi connectivity index (χ4v) is 2.34. The summed E-state index contributed by atoms with van der Waals surface area (Å²) in [5.74, 6) is 5.08. The van der Waals surface area contributed by atoms with Gasteiger partial charge in [-0.15, -0.1) is 0 Å². The number of nitrogens with one attached hydrogen (secondary N) is 1. The van der Waals surface area contributed by atoms with Crippen LogP contribution in [0, 0.1) is 5.82 Å². The van der Waals surface area contributed by atoms with E-state index in [1.165, 1.54) is 12.1 Å². The highest BCUT2D eigenvalue weighted by Gasteiger charge is 2.26. The molecule has 0 unspecified atom stereocenters. The third kappa shape index (κ3) is 2.10. The summed E-state index contributed by atoms with van der Waals surface area (Å²) in [5, 5.41) is 0. The molecule has 2 heterocycles. The van der Waals surface area contributed by atoms with Crippen molar-refractivity contribution in [2.45, 2.75) is 6.42 Å². The monoisotopic (exact) mass is 272 g/mol. The number of carbonyl (C=O) groups excluding carboxylic acids is 1. The van der Waals surface area contributed by atoms with E-state index in [0.717, 1.165) is 12.0 Å². The molecule has 0 aliphatic carbocycles. The van der Waals surface area contributed by atoms with Gasteiger partial charge in [0, 0.05) is 6.54 Å². The second-order valence-corrected chi connectivity index (χ2v) is 4.53. The van der Waals surface area contributed by atoms with Gasteiger partial charge in [-0.1, -0.05) is 12.1 Å². The summed E-state index contributed by atoms with van der Waals surface area (Å²) in [6, 6.07) is 9.46. The summed E-state index contributed by atoms with van der Waals surface area (Å²) in [6.45, 7) is 0.527. The van der Waals surface area contributed by atoms with Crippen molar-refractivity contribution in [2.75, 3.05) is 16.9 Å². The number of fused-ring (bicyclic) bond motifs is 1. The van der Waals surface area contributed by atoms with Crippen molar-refractivity contribution in [1.82, 2.24) is 4.98 Å². The zero-order chi connectivity index (χ0) is 14.1. The highest BCUT2D eigenvalue weighted by Crippen LogP contribution is 2.29. The Morgan fingerprint density at radius 2 is 2.20 bits per heavy atom. The Hall–Kier alpha value is -2.47. The van der Waals surface area contributed by atoms with E-state index in [0.29, 0.717) is 18.1 Å². The van der Waals surface area contributed by atoms with Crippen LogP contribution >= 0.6 is 0 Å². The summed E-state index contributed by atoms with van der Waals surface area (Å²) in [4.78, 5) is 18.1. The third-order valence-corrected chi connectivity index (χ3v) is 3.30. The molecule has 20 heavy (non-hydrogen) atoms.